The average molecular weight is 212 g/mol. The predicted octanol–water partition coefficient (Wildman–Crippen LogP) is 2.64. The van der Waals surface area contributed by atoms with E-state index in [0.717, 1.165) is 12.1 Å². The van der Waals surface area contributed by atoms with Gasteiger partial charge in [-0.25, -0.2) is 0 Å². The van der Waals surface area contributed by atoms with Crippen LogP contribution in [-0.4, -0.2) is 36.6 Å². The van der Waals surface area contributed by atoms with E-state index in [1.165, 1.54) is 51.7 Å². The Bertz CT molecular complexity index is 155. The second-order valence-electron chi connectivity index (χ2n) is 4.85. The molecule has 1 aliphatic rings. The number of hydrogen-bond donors (Lipinski definition) is 1. The van der Waals surface area contributed by atoms with Crippen LogP contribution in [0.4, 0.5) is 0 Å². The van der Waals surface area contributed by atoms with Crippen LogP contribution in [0.2, 0.25) is 0 Å². The lowest BCUT2D eigenvalue weighted by Crippen LogP contribution is -2.34. The first-order valence-corrected chi connectivity index (χ1v) is 6.75. The molecule has 0 bridgehead atoms. The second-order valence-corrected chi connectivity index (χ2v) is 4.85. The van der Waals surface area contributed by atoms with Crippen molar-refractivity contribution in [2.75, 3.05) is 19.6 Å². The third-order valence-corrected chi connectivity index (χ3v) is 3.35. The van der Waals surface area contributed by atoms with Crippen molar-refractivity contribution in [1.82, 2.24) is 10.2 Å². The standard InChI is InChI=1S/C13H28N2/c1-4-11-15(5-2)12(3)7-6-10-14-13-8-9-13/h12-14H,4-11H2,1-3H3. The Labute approximate surface area is 95.4 Å². The zero-order valence-electron chi connectivity index (χ0n) is 10.8. The molecule has 0 heterocycles. The third kappa shape index (κ3) is 5.53. The van der Waals surface area contributed by atoms with Crippen LogP contribution in [0.25, 0.3) is 0 Å². The summed E-state index contributed by atoms with van der Waals surface area (Å²) in [5.74, 6) is 0. The third-order valence-electron chi connectivity index (χ3n) is 3.35. The maximum absolute atomic E-state index is 3.58. The molecule has 1 saturated carbocycles. The first-order valence-electron chi connectivity index (χ1n) is 6.75. The average Bonchev–Trinajstić information content (AvgIpc) is 3.04. The Morgan fingerprint density at radius 1 is 1.33 bits per heavy atom. The molecule has 15 heavy (non-hydrogen) atoms. The van der Waals surface area contributed by atoms with Gasteiger partial charge in [-0.2, -0.15) is 0 Å². The molecule has 1 aliphatic carbocycles. The molecule has 2 nitrogen and oxygen atoms in total. The Hall–Kier alpha value is -0.0800. The van der Waals surface area contributed by atoms with Crippen molar-refractivity contribution in [3.05, 3.63) is 0 Å². The number of rotatable bonds is 9. The van der Waals surface area contributed by atoms with E-state index in [2.05, 4.69) is 31.0 Å². The topological polar surface area (TPSA) is 15.3 Å². The fraction of sp³-hybridized carbons (Fsp3) is 1.00. The molecule has 1 fully saturated rings. The molecule has 90 valence electrons. The molecule has 1 unspecified atom stereocenters. The molecule has 0 spiro atoms. The van der Waals surface area contributed by atoms with Crippen LogP contribution in [0.1, 0.15) is 52.9 Å². The molecule has 1 rings (SSSR count). The van der Waals surface area contributed by atoms with Crippen LogP contribution in [0.3, 0.4) is 0 Å². The van der Waals surface area contributed by atoms with Crippen LogP contribution in [0.15, 0.2) is 0 Å². The fourth-order valence-electron chi connectivity index (χ4n) is 2.15. The van der Waals surface area contributed by atoms with Gasteiger partial charge in [0.05, 0.1) is 0 Å². The van der Waals surface area contributed by atoms with E-state index in [1.807, 2.05) is 0 Å². The lowest BCUT2D eigenvalue weighted by atomic mass is 10.1. The highest BCUT2D eigenvalue weighted by atomic mass is 15.1. The SMILES string of the molecule is CCCN(CC)C(C)CCCNC1CC1. The minimum absolute atomic E-state index is 0.760. The first kappa shape index (κ1) is 13.0. The minimum Gasteiger partial charge on any atom is -0.314 e. The molecule has 0 aromatic heterocycles. The summed E-state index contributed by atoms with van der Waals surface area (Å²) in [7, 11) is 0. The summed E-state index contributed by atoms with van der Waals surface area (Å²) in [6.45, 7) is 10.6. The van der Waals surface area contributed by atoms with Crippen LogP contribution in [0.5, 0.6) is 0 Å². The molecular weight excluding hydrogens is 184 g/mol. The van der Waals surface area contributed by atoms with Gasteiger partial charge >= 0.3 is 0 Å². The number of nitrogens with zero attached hydrogens (tertiary/aromatic N) is 1. The van der Waals surface area contributed by atoms with Crippen LogP contribution < -0.4 is 5.32 Å². The highest BCUT2D eigenvalue weighted by Gasteiger charge is 2.19. The van der Waals surface area contributed by atoms with Gasteiger partial charge in [-0.1, -0.05) is 13.8 Å². The monoisotopic (exact) mass is 212 g/mol. The maximum Gasteiger partial charge on any atom is 0.00682 e. The minimum atomic E-state index is 0.760. The Balaban J connectivity index is 2.00. The van der Waals surface area contributed by atoms with Crippen molar-refractivity contribution < 1.29 is 0 Å². The quantitative estimate of drug-likeness (QED) is 0.591. The zero-order chi connectivity index (χ0) is 11.1. The molecule has 0 aromatic carbocycles. The van der Waals surface area contributed by atoms with Gasteiger partial charge in [0.15, 0.2) is 0 Å². The number of hydrogen-bond acceptors (Lipinski definition) is 2. The molecule has 0 aliphatic heterocycles. The predicted molar refractivity (Wildman–Crippen MR) is 67.3 cm³/mol. The normalized spacial score (nSPS) is 18.4. The zero-order valence-corrected chi connectivity index (χ0v) is 10.8. The van der Waals surface area contributed by atoms with Gasteiger partial charge < -0.3 is 10.2 Å². The van der Waals surface area contributed by atoms with Crippen molar-refractivity contribution in [3.8, 4) is 0 Å². The summed E-state index contributed by atoms with van der Waals surface area (Å²) in [6, 6.07) is 1.63. The van der Waals surface area contributed by atoms with E-state index in [-0.39, 0.29) is 0 Å². The van der Waals surface area contributed by atoms with Crippen molar-refractivity contribution >= 4 is 0 Å². The molecular formula is C13H28N2. The summed E-state index contributed by atoms with van der Waals surface area (Å²) in [5.41, 5.74) is 0. The molecule has 1 N–H and O–H groups in total. The summed E-state index contributed by atoms with van der Waals surface area (Å²) in [4.78, 5) is 2.59. The van der Waals surface area contributed by atoms with E-state index in [4.69, 9.17) is 0 Å². The van der Waals surface area contributed by atoms with Crippen LogP contribution in [-0.2, 0) is 0 Å². The summed E-state index contributed by atoms with van der Waals surface area (Å²) in [5, 5.41) is 3.58. The number of nitrogens with one attached hydrogen (secondary N) is 1. The van der Waals surface area contributed by atoms with Crippen molar-refractivity contribution in [2.24, 2.45) is 0 Å². The molecule has 0 amide bonds. The summed E-state index contributed by atoms with van der Waals surface area (Å²) < 4.78 is 0. The Morgan fingerprint density at radius 2 is 2.07 bits per heavy atom. The molecule has 0 aromatic rings. The van der Waals surface area contributed by atoms with Crippen LogP contribution in [0, 0.1) is 0 Å². The van der Waals surface area contributed by atoms with E-state index in [0.29, 0.717) is 0 Å². The van der Waals surface area contributed by atoms with Gasteiger partial charge in [0.1, 0.15) is 0 Å². The van der Waals surface area contributed by atoms with Gasteiger partial charge in [0, 0.05) is 12.1 Å². The lowest BCUT2D eigenvalue weighted by Gasteiger charge is -2.27. The van der Waals surface area contributed by atoms with Gasteiger partial charge in [-0.3, -0.25) is 0 Å². The maximum atomic E-state index is 3.58. The van der Waals surface area contributed by atoms with E-state index >= 15 is 0 Å². The molecule has 1 atom stereocenters. The second kappa shape index (κ2) is 7.24. The summed E-state index contributed by atoms with van der Waals surface area (Å²) >= 11 is 0. The van der Waals surface area contributed by atoms with Gasteiger partial charge in [-0.05, 0) is 58.7 Å². The smallest absolute Gasteiger partial charge is 0.00682 e. The van der Waals surface area contributed by atoms with Gasteiger partial charge in [-0.15, -0.1) is 0 Å². The van der Waals surface area contributed by atoms with E-state index in [9.17, 15) is 0 Å². The Morgan fingerprint density at radius 3 is 2.60 bits per heavy atom. The van der Waals surface area contributed by atoms with Crippen LogP contribution >= 0.6 is 0 Å². The first-order chi connectivity index (χ1) is 7.27. The molecule has 0 saturated heterocycles. The van der Waals surface area contributed by atoms with Gasteiger partial charge in [0.2, 0.25) is 0 Å². The highest BCUT2D eigenvalue weighted by Crippen LogP contribution is 2.18. The van der Waals surface area contributed by atoms with E-state index < -0.39 is 0 Å². The van der Waals surface area contributed by atoms with E-state index in [1.54, 1.807) is 0 Å². The van der Waals surface area contributed by atoms with Crippen molar-refractivity contribution in [2.45, 2.75) is 65.0 Å². The highest BCUT2D eigenvalue weighted by molar-refractivity contribution is 4.80. The Kier molecular flexibility index (Phi) is 6.26. The van der Waals surface area contributed by atoms with Crippen molar-refractivity contribution in [3.63, 3.8) is 0 Å². The summed E-state index contributed by atoms with van der Waals surface area (Å²) in [6.07, 6.45) is 6.77. The van der Waals surface area contributed by atoms with Crippen molar-refractivity contribution in [1.29, 1.82) is 0 Å². The van der Waals surface area contributed by atoms with Gasteiger partial charge in [0.25, 0.3) is 0 Å². The fourth-order valence-corrected chi connectivity index (χ4v) is 2.15. The largest absolute Gasteiger partial charge is 0.314 e. The molecule has 0 radical (unpaired) electrons. The molecule has 2 heteroatoms. The lowest BCUT2D eigenvalue weighted by molar-refractivity contribution is 0.207.